The Morgan fingerprint density at radius 3 is 2.47 bits per heavy atom. The van der Waals surface area contributed by atoms with E-state index >= 15 is 0 Å². The van der Waals surface area contributed by atoms with Gasteiger partial charge >= 0.3 is 0 Å². The summed E-state index contributed by atoms with van der Waals surface area (Å²) in [6.45, 7) is -0.0149. The lowest BCUT2D eigenvalue weighted by molar-refractivity contribution is -0.121. The number of aromatic nitrogens is 2. The van der Waals surface area contributed by atoms with Crippen LogP contribution in [0.25, 0.3) is 16.9 Å². The van der Waals surface area contributed by atoms with Gasteiger partial charge in [0.25, 0.3) is 0 Å². The molecule has 32 heavy (non-hydrogen) atoms. The van der Waals surface area contributed by atoms with Gasteiger partial charge in [0, 0.05) is 22.3 Å². The van der Waals surface area contributed by atoms with E-state index in [1.165, 1.54) is 4.90 Å². The Morgan fingerprint density at radius 2 is 1.69 bits per heavy atom. The summed E-state index contributed by atoms with van der Waals surface area (Å²) in [6, 6.07) is 24.4. The van der Waals surface area contributed by atoms with Crippen LogP contribution in [0.4, 0.5) is 11.4 Å². The van der Waals surface area contributed by atoms with E-state index in [9.17, 15) is 9.59 Å². The molecule has 1 aliphatic heterocycles. The van der Waals surface area contributed by atoms with Crippen LogP contribution in [-0.4, -0.2) is 28.1 Å². The van der Waals surface area contributed by atoms with Gasteiger partial charge < -0.3 is 10.2 Å². The summed E-state index contributed by atoms with van der Waals surface area (Å²) in [4.78, 5) is 27.0. The molecule has 0 radical (unpaired) electrons. The molecule has 3 aromatic carbocycles. The van der Waals surface area contributed by atoms with Crippen LogP contribution in [-0.2, 0) is 16.0 Å². The van der Waals surface area contributed by atoms with Crippen LogP contribution in [0.3, 0.4) is 0 Å². The Hall–Kier alpha value is -3.90. The van der Waals surface area contributed by atoms with E-state index in [0.717, 1.165) is 16.8 Å². The van der Waals surface area contributed by atoms with Crippen LogP contribution >= 0.6 is 11.6 Å². The fourth-order valence-corrected chi connectivity index (χ4v) is 3.94. The lowest BCUT2D eigenvalue weighted by atomic mass is 10.0. The quantitative estimate of drug-likeness (QED) is 0.497. The summed E-state index contributed by atoms with van der Waals surface area (Å²) in [5.74, 6) is -0.384. The van der Waals surface area contributed by atoms with Gasteiger partial charge in [-0.25, -0.2) is 4.68 Å². The van der Waals surface area contributed by atoms with Crippen LogP contribution in [0, 0.1) is 0 Å². The molecule has 158 valence electrons. The Kier molecular flexibility index (Phi) is 5.21. The number of hydrogen-bond acceptors (Lipinski definition) is 3. The first-order valence-corrected chi connectivity index (χ1v) is 10.6. The van der Waals surface area contributed by atoms with Crippen molar-refractivity contribution in [3.05, 3.63) is 95.6 Å². The number of carbonyl (C=O) groups is 2. The third-order valence-corrected chi connectivity index (χ3v) is 5.59. The van der Waals surface area contributed by atoms with Gasteiger partial charge in [0.1, 0.15) is 6.54 Å². The van der Waals surface area contributed by atoms with Crippen LogP contribution in [0.2, 0.25) is 5.02 Å². The van der Waals surface area contributed by atoms with Crippen molar-refractivity contribution < 1.29 is 9.59 Å². The molecule has 0 saturated carbocycles. The standard InChI is InChI=1S/C25H19ClN4O2/c26-19-12-10-17(11-13-19)25-18(15-30(28-25)20-6-2-1-3-7-20)14-24(32)29-16-23(31)27-21-8-4-5-9-22(21)29/h1-13,15H,14,16H2,(H,27,31). The summed E-state index contributed by atoms with van der Waals surface area (Å²) in [6.07, 6.45) is 1.97. The number of nitrogens with zero attached hydrogens (tertiary/aromatic N) is 3. The SMILES string of the molecule is O=C1CN(C(=O)Cc2cn(-c3ccccc3)nc2-c2ccc(Cl)cc2)c2ccccc2N1. The van der Waals surface area contributed by atoms with E-state index in [0.29, 0.717) is 22.1 Å². The van der Waals surface area contributed by atoms with Crippen molar-refractivity contribution in [1.82, 2.24) is 9.78 Å². The van der Waals surface area contributed by atoms with E-state index in [2.05, 4.69) is 5.32 Å². The fraction of sp³-hybridized carbons (Fsp3) is 0.0800. The summed E-state index contributed by atoms with van der Waals surface area (Å²) in [5, 5.41) is 8.21. The zero-order chi connectivity index (χ0) is 22.1. The van der Waals surface area contributed by atoms with Crippen molar-refractivity contribution in [1.29, 1.82) is 0 Å². The molecule has 5 rings (SSSR count). The molecule has 0 aliphatic carbocycles. The molecule has 0 unspecified atom stereocenters. The molecule has 6 nitrogen and oxygen atoms in total. The fourth-order valence-electron chi connectivity index (χ4n) is 3.82. The van der Waals surface area contributed by atoms with E-state index in [1.54, 1.807) is 22.9 Å². The molecule has 0 fully saturated rings. The first-order valence-electron chi connectivity index (χ1n) is 10.2. The van der Waals surface area contributed by atoms with Crippen LogP contribution < -0.4 is 10.2 Å². The number of halogens is 1. The zero-order valence-electron chi connectivity index (χ0n) is 17.0. The smallest absolute Gasteiger partial charge is 0.244 e. The van der Waals surface area contributed by atoms with Crippen molar-refractivity contribution in [2.45, 2.75) is 6.42 Å². The second-order valence-electron chi connectivity index (χ2n) is 7.51. The average molecular weight is 443 g/mol. The number of rotatable bonds is 4. The predicted octanol–water partition coefficient (Wildman–Crippen LogP) is 4.72. The van der Waals surface area contributed by atoms with Crippen molar-refractivity contribution in [3.8, 4) is 16.9 Å². The number of para-hydroxylation sites is 3. The van der Waals surface area contributed by atoms with Gasteiger partial charge in [-0.05, 0) is 36.4 Å². The number of hydrogen-bond donors (Lipinski definition) is 1. The van der Waals surface area contributed by atoms with Gasteiger partial charge in [0.15, 0.2) is 0 Å². The van der Waals surface area contributed by atoms with E-state index in [-0.39, 0.29) is 24.8 Å². The molecule has 0 atom stereocenters. The highest BCUT2D eigenvalue weighted by Crippen LogP contribution is 2.31. The summed E-state index contributed by atoms with van der Waals surface area (Å²) < 4.78 is 1.77. The Morgan fingerprint density at radius 1 is 0.969 bits per heavy atom. The molecule has 0 spiro atoms. The van der Waals surface area contributed by atoms with Gasteiger partial charge in [-0.1, -0.05) is 54.1 Å². The second kappa shape index (κ2) is 8.32. The van der Waals surface area contributed by atoms with Gasteiger partial charge in [-0.3, -0.25) is 9.59 Å². The van der Waals surface area contributed by atoms with Gasteiger partial charge in [-0.2, -0.15) is 5.10 Å². The third kappa shape index (κ3) is 3.88. The normalized spacial score (nSPS) is 12.9. The molecular weight excluding hydrogens is 424 g/mol. The molecule has 2 heterocycles. The number of amides is 2. The minimum Gasteiger partial charge on any atom is -0.323 e. The largest absolute Gasteiger partial charge is 0.323 e. The van der Waals surface area contributed by atoms with Crippen molar-refractivity contribution in [3.63, 3.8) is 0 Å². The van der Waals surface area contributed by atoms with E-state index in [4.69, 9.17) is 16.7 Å². The van der Waals surface area contributed by atoms with Crippen LogP contribution in [0.1, 0.15) is 5.56 Å². The molecule has 7 heteroatoms. The number of benzene rings is 3. The molecule has 1 N–H and O–H groups in total. The topological polar surface area (TPSA) is 67.2 Å². The van der Waals surface area contributed by atoms with E-state index < -0.39 is 0 Å². The summed E-state index contributed by atoms with van der Waals surface area (Å²) in [7, 11) is 0. The second-order valence-corrected chi connectivity index (χ2v) is 7.95. The van der Waals surface area contributed by atoms with Gasteiger partial charge in [0.2, 0.25) is 11.8 Å². The Labute approximate surface area is 190 Å². The predicted molar refractivity (Wildman–Crippen MR) is 125 cm³/mol. The van der Waals surface area contributed by atoms with Crippen LogP contribution in [0.15, 0.2) is 85.1 Å². The number of fused-ring (bicyclic) bond motifs is 1. The van der Waals surface area contributed by atoms with Crippen molar-refractivity contribution >= 4 is 34.8 Å². The monoisotopic (exact) mass is 442 g/mol. The highest BCUT2D eigenvalue weighted by Gasteiger charge is 2.27. The third-order valence-electron chi connectivity index (χ3n) is 5.34. The molecule has 4 aromatic rings. The molecule has 1 aliphatic rings. The first-order chi connectivity index (χ1) is 15.6. The maximum absolute atomic E-state index is 13.3. The highest BCUT2D eigenvalue weighted by atomic mass is 35.5. The zero-order valence-corrected chi connectivity index (χ0v) is 17.8. The maximum atomic E-state index is 13.3. The molecule has 1 aromatic heterocycles. The minimum atomic E-state index is -0.213. The molecular formula is C25H19ClN4O2. The van der Waals surface area contributed by atoms with Gasteiger partial charge in [-0.15, -0.1) is 0 Å². The van der Waals surface area contributed by atoms with Gasteiger partial charge in [0.05, 0.1) is 29.2 Å². The number of nitrogens with one attached hydrogen (secondary N) is 1. The lowest BCUT2D eigenvalue weighted by Crippen LogP contribution is -2.42. The summed E-state index contributed by atoms with van der Waals surface area (Å²) >= 11 is 6.06. The number of carbonyl (C=O) groups excluding carboxylic acids is 2. The van der Waals surface area contributed by atoms with E-state index in [1.807, 2.05) is 66.9 Å². The Balaban J connectivity index is 1.53. The highest BCUT2D eigenvalue weighted by molar-refractivity contribution is 6.30. The molecule has 2 amide bonds. The Bertz CT molecular complexity index is 1300. The van der Waals surface area contributed by atoms with Crippen LogP contribution in [0.5, 0.6) is 0 Å². The molecule has 0 bridgehead atoms. The number of anilines is 2. The average Bonchev–Trinajstić information content (AvgIpc) is 3.23. The van der Waals surface area contributed by atoms with Crippen molar-refractivity contribution in [2.24, 2.45) is 0 Å². The maximum Gasteiger partial charge on any atom is 0.244 e. The first kappa shape index (κ1) is 20.0. The molecule has 0 saturated heterocycles. The minimum absolute atomic E-state index is 0.0149. The lowest BCUT2D eigenvalue weighted by Gasteiger charge is -2.29. The summed E-state index contributed by atoms with van der Waals surface area (Å²) in [5.41, 5.74) is 4.56. The van der Waals surface area contributed by atoms with Crippen molar-refractivity contribution in [2.75, 3.05) is 16.8 Å².